The highest BCUT2D eigenvalue weighted by atomic mass is 127. The van der Waals surface area contributed by atoms with Crippen LogP contribution in [0.15, 0.2) is 59.6 Å². The lowest BCUT2D eigenvalue weighted by molar-refractivity contribution is 0.0203. The van der Waals surface area contributed by atoms with Gasteiger partial charge in [-0.05, 0) is 55.0 Å². The van der Waals surface area contributed by atoms with E-state index in [0.29, 0.717) is 12.5 Å². The highest BCUT2D eigenvalue weighted by Crippen LogP contribution is 2.21. The predicted molar refractivity (Wildman–Crippen MR) is 136 cm³/mol. The van der Waals surface area contributed by atoms with Crippen LogP contribution >= 0.6 is 24.0 Å². The molecule has 0 spiro atoms. The zero-order chi connectivity index (χ0) is 20.9. The maximum atomic E-state index is 5.83. The Morgan fingerprint density at radius 3 is 2.42 bits per heavy atom. The smallest absolute Gasteiger partial charge is 0.191 e. The Hall–Kier alpha value is -1.84. The van der Waals surface area contributed by atoms with Crippen molar-refractivity contribution >= 4 is 29.9 Å². The molecule has 0 radical (unpaired) electrons. The van der Waals surface area contributed by atoms with Crippen LogP contribution in [0.4, 0.5) is 0 Å². The second kappa shape index (κ2) is 15.0. The minimum Gasteiger partial charge on any atom is -0.457 e. The molecule has 0 aliphatic carbocycles. The third-order valence-electron chi connectivity index (χ3n) is 5.04. The topological polar surface area (TPSA) is 64.1 Å². The van der Waals surface area contributed by atoms with E-state index in [9.17, 15) is 0 Å². The Morgan fingerprint density at radius 2 is 1.71 bits per heavy atom. The van der Waals surface area contributed by atoms with Crippen LogP contribution in [0.25, 0.3) is 0 Å². The number of benzene rings is 2. The molecule has 1 heterocycles. The lowest BCUT2D eigenvalue weighted by Gasteiger charge is -2.21. The maximum absolute atomic E-state index is 5.83. The van der Waals surface area contributed by atoms with Gasteiger partial charge < -0.3 is 24.8 Å². The average Bonchev–Trinajstić information content (AvgIpc) is 2.80. The molecule has 170 valence electrons. The molecule has 6 nitrogen and oxygen atoms in total. The van der Waals surface area contributed by atoms with Gasteiger partial charge in [0.15, 0.2) is 5.96 Å². The number of para-hydroxylation sites is 1. The molecule has 31 heavy (non-hydrogen) atoms. The normalized spacial score (nSPS) is 14.5. The summed E-state index contributed by atoms with van der Waals surface area (Å²) >= 11 is 0. The van der Waals surface area contributed by atoms with Crippen LogP contribution in [0.3, 0.4) is 0 Å². The fourth-order valence-corrected chi connectivity index (χ4v) is 3.25. The second-order valence-electron chi connectivity index (χ2n) is 7.40. The third kappa shape index (κ3) is 9.88. The Bertz CT molecular complexity index is 750. The lowest BCUT2D eigenvalue weighted by Crippen LogP contribution is -2.37. The van der Waals surface area contributed by atoms with Crippen LogP contribution in [-0.4, -0.2) is 46.0 Å². The van der Waals surface area contributed by atoms with Gasteiger partial charge in [0.2, 0.25) is 0 Å². The molecule has 0 unspecified atom stereocenters. The van der Waals surface area contributed by atoms with Crippen LogP contribution in [0.1, 0.15) is 24.8 Å². The number of halogens is 1. The van der Waals surface area contributed by atoms with Crippen molar-refractivity contribution in [1.29, 1.82) is 0 Å². The molecule has 7 heteroatoms. The Kier molecular flexibility index (Phi) is 12.3. The predicted octanol–water partition coefficient (Wildman–Crippen LogP) is 4.60. The molecule has 2 aromatic carbocycles. The van der Waals surface area contributed by atoms with Crippen LogP contribution in [0.2, 0.25) is 0 Å². The first-order valence-electron chi connectivity index (χ1n) is 10.8. The van der Waals surface area contributed by atoms with Gasteiger partial charge in [-0.1, -0.05) is 30.3 Å². The first-order chi connectivity index (χ1) is 14.8. The summed E-state index contributed by atoms with van der Waals surface area (Å²) in [5, 5.41) is 6.68. The van der Waals surface area contributed by atoms with Gasteiger partial charge in [0.1, 0.15) is 11.5 Å². The first kappa shape index (κ1) is 25.4. The molecular formula is C24H34IN3O3. The van der Waals surface area contributed by atoms with Gasteiger partial charge in [-0.2, -0.15) is 0 Å². The van der Waals surface area contributed by atoms with Crippen molar-refractivity contribution in [3.8, 4) is 11.5 Å². The molecule has 1 saturated heterocycles. The van der Waals surface area contributed by atoms with E-state index in [-0.39, 0.29) is 24.0 Å². The van der Waals surface area contributed by atoms with Crippen molar-refractivity contribution in [2.24, 2.45) is 10.9 Å². The van der Waals surface area contributed by atoms with Crippen LogP contribution in [-0.2, 0) is 16.0 Å². The summed E-state index contributed by atoms with van der Waals surface area (Å²) in [6.07, 6.45) is 3.19. The van der Waals surface area contributed by atoms with E-state index in [2.05, 4.69) is 27.8 Å². The molecule has 0 saturated carbocycles. The summed E-state index contributed by atoms with van der Waals surface area (Å²) in [6.45, 7) is 4.90. The highest BCUT2D eigenvalue weighted by Gasteiger charge is 2.13. The largest absolute Gasteiger partial charge is 0.457 e. The van der Waals surface area contributed by atoms with Gasteiger partial charge in [0.25, 0.3) is 0 Å². The van der Waals surface area contributed by atoms with Crippen LogP contribution < -0.4 is 15.4 Å². The molecule has 0 bridgehead atoms. The van der Waals surface area contributed by atoms with E-state index in [1.54, 1.807) is 7.05 Å². The van der Waals surface area contributed by atoms with Gasteiger partial charge in [-0.25, -0.2) is 0 Å². The Labute approximate surface area is 202 Å². The number of nitrogens with one attached hydrogen (secondary N) is 2. The van der Waals surface area contributed by atoms with Crippen LogP contribution in [0.5, 0.6) is 11.5 Å². The fraction of sp³-hybridized carbons (Fsp3) is 0.458. The first-order valence-corrected chi connectivity index (χ1v) is 10.8. The molecule has 0 aromatic heterocycles. The van der Waals surface area contributed by atoms with Crippen molar-refractivity contribution in [3.63, 3.8) is 0 Å². The second-order valence-corrected chi connectivity index (χ2v) is 7.40. The Morgan fingerprint density at radius 1 is 1.00 bits per heavy atom. The SMILES string of the molecule is CN=C(NCCCOCC1CCOCC1)NCc1ccc(Oc2ccccc2)cc1.I. The highest BCUT2D eigenvalue weighted by molar-refractivity contribution is 14.0. The average molecular weight is 539 g/mol. The quantitative estimate of drug-likeness (QED) is 0.200. The minimum atomic E-state index is 0. The number of rotatable bonds is 10. The maximum Gasteiger partial charge on any atom is 0.191 e. The molecule has 1 aliphatic heterocycles. The number of guanidine groups is 1. The molecule has 1 fully saturated rings. The van der Waals surface area contributed by atoms with Gasteiger partial charge >= 0.3 is 0 Å². The summed E-state index contributed by atoms with van der Waals surface area (Å²) < 4.78 is 17.0. The molecule has 2 aromatic rings. The monoisotopic (exact) mass is 539 g/mol. The van der Waals surface area contributed by atoms with Crippen molar-refractivity contribution in [2.75, 3.05) is 40.0 Å². The minimum absolute atomic E-state index is 0. The number of nitrogens with zero attached hydrogens (tertiary/aromatic N) is 1. The summed E-state index contributed by atoms with van der Waals surface area (Å²) in [4.78, 5) is 4.28. The van der Waals surface area contributed by atoms with Gasteiger partial charge in [0.05, 0.1) is 0 Å². The van der Waals surface area contributed by atoms with Crippen molar-refractivity contribution in [3.05, 3.63) is 60.2 Å². The number of hydrogen-bond donors (Lipinski definition) is 2. The molecule has 1 aliphatic rings. The summed E-state index contributed by atoms with van der Waals surface area (Å²) in [6, 6.07) is 17.9. The summed E-state index contributed by atoms with van der Waals surface area (Å²) in [5.41, 5.74) is 1.16. The third-order valence-corrected chi connectivity index (χ3v) is 5.04. The zero-order valence-electron chi connectivity index (χ0n) is 18.2. The fourth-order valence-electron chi connectivity index (χ4n) is 3.25. The zero-order valence-corrected chi connectivity index (χ0v) is 20.5. The molecule has 2 N–H and O–H groups in total. The molecule has 0 amide bonds. The van der Waals surface area contributed by atoms with E-state index in [1.165, 1.54) is 0 Å². The van der Waals surface area contributed by atoms with Gasteiger partial charge in [-0.3, -0.25) is 4.99 Å². The van der Waals surface area contributed by atoms with Crippen molar-refractivity contribution in [2.45, 2.75) is 25.8 Å². The molecule has 3 rings (SSSR count). The van der Waals surface area contributed by atoms with E-state index in [1.807, 2.05) is 42.5 Å². The van der Waals surface area contributed by atoms with Crippen LogP contribution in [0, 0.1) is 5.92 Å². The van der Waals surface area contributed by atoms with Crippen molar-refractivity contribution < 1.29 is 14.2 Å². The standard InChI is InChI=1S/C24H33N3O3.HI/c1-25-24(26-14-5-15-29-19-21-12-16-28-17-13-21)27-18-20-8-10-23(11-9-20)30-22-6-3-2-4-7-22;/h2-4,6-11,21H,5,12-19H2,1H3,(H2,25,26,27);1H. The number of ether oxygens (including phenoxy) is 3. The molecular weight excluding hydrogens is 505 g/mol. The number of hydrogen-bond acceptors (Lipinski definition) is 4. The molecule has 0 atom stereocenters. The van der Waals surface area contributed by atoms with Crippen molar-refractivity contribution in [1.82, 2.24) is 10.6 Å². The van der Waals surface area contributed by atoms with E-state index >= 15 is 0 Å². The summed E-state index contributed by atoms with van der Waals surface area (Å²) in [7, 11) is 1.79. The number of aliphatic imine (C=N–C) groups is 1. The lowest BCUT2D eigenvalue weighted by atomic mass is 10.0. The Balaban J connectivity index is 0.00000341. The van der Waals surface area contributed by atoms with Gasteiger partial charge in [0, 0.05) is 46.6 Å². The van der Waals surface area contributed by atoms with Gasteiger partial charge in [-0.15, -0.1) is 24.0 Å². The van der Waals surface area contributed by atoms with E-state index < -0.39 is 0 Å². The van der Waals surface area contributed by atoms with E-state index in [0.717, 1.165) is 75.3 Å². The summed E-state index contributed by atoms with van der Waals surface area (Å²) in [5.74, 6) is 3.12. The van der Waals surface area contributed by atoms with E-state index in [4.69, 9.17) is 14.2 Å².